The van der Waals surface area contributed by atoms with Gasteiger partial charge in [-0.05, 0) is 24.7 Å². The summed E-state index contributed by atoms with van der Waals surface area (Å²) in [6, 6.07) is -0.0227. The van der Waals surface area contributed by atoms with E-state index in [-0.39, 0.29) is 17.2 Å². The highest BCUT2D eigenvalue weighted by Gasteiger charge is 2.16. The second-order valence-electron chi connectivity index (χ2n) is 6.44. The zero-order valence-electron chi connectivity index (χ0n) is 12.6. The van der Waals surface area contributed by atoms with Gasteiger partial charge < -0.3 is 4.74 Å². The average molecular weight is 279 g/mol. The molecule has 0 amide bonds. The summed E-state index contributed by atoms with van der Waals surface area (Å²) in [7, 11) is -3.17. The molecule has 5 heteroatoms. The second kappa shape index (κ2) is 7.46. The number of hydrogen-bond acceptors (Lipinski definition) is 3. The van der Waals surface area contributed by atoms with Crippen LogP contribution < -0.4 is 4.72 Å². The van der Waals surface area contributed by atoms with Crippen molar-refractivity contribution in [2.45, 2.75) is 54.0 Å². The van der Waals surface area contributed by atoms with Crippen LogP contribution in [0.1, 0.15) is 48.0 Å². The highest BCUT2D eigenvalue weighted by Crippen LogP contribution is 2.12. The summed E-state index contributed by atoms with van der Waals surface area (Å²) < 4.78 is 31.6. The number of ether oxygens (including phenoxy) is 1. The molecule has 0 spiro atoms. The minimum atomic E-state index is -3.17. The van der Waals surface area contributed by atoms with E-state index in [4.69, 9.17) is 4.74 Å². The largest absolute Gasteiger partial charge is 0.381 e. The average Bonchev–Trinajstić information content (AvgIpc) is 2.14. The van der Waals surface area contributed by atoms with Crippen LogP contribution in [0.25, 0.3) is 0 Å². The molecule has 0 fully saturated rings. The predicted octanol–water partition coefficient (Wildman–Crippen LogP) is 2.40. The van der Waals surface area contributed by atoms with Crippen molar-refractivity contribution < 1.29 is 13.2 Å². The van der Waals surface area contributed by atoms with Gasteiger partial charge in [0.25, 0.3) is 0 Å². The first-order valence-electron chi connectivity index (χ1n) is 6.61. The minimum Gasteiger partial charge on any atom is -0.381 e. The second-order valence-corrected chi connectivity index (χ2v) is 8.31. The van der Waals surface area contributed by atoms with Gasteiger partial charge in [-0.2, -0.15) is 0 Å². The summed E-state index contributed by atoms with van der Waals surface area (Å²) >= 11 is 0. The van der Waals surface area contributed by atoms with Gasteiger partial charge in [0.05, 0.1) is 12.4 Å². The molecule has 0 saturated heterocycles. The summed E-state index contributed by atoms with van der Waals surface area (Å²) in [5, 5.41) is 0. The van der Waals surface area contributed by atoms with Crippen molar-refractivity contribution in [2.24, 2.45) is 11.3 Å². The van der Waals surface area contributed by atoms with Crippen LogP contribution in [0.5, 0.6) is 0 Å². The van der Waals surface area contributed by atoms with Crippen LogP contribution in [0.15, 0.2) is 0 Å². The predicted molar refractivity (Wildman–Crippen MR) is 76.1 cm³/mol. The quantitative estimate of drug-likeness (QED) is 0.694. The molecule has 0 aromatic heterocycles. The number of nitrogens with one attached hydrogen (secondary N) is 1. The highest BCUT2D eigenvalue weighted by atomic mass is 32.2. The van der Waals surface area contributed by atoms with Gasteiger partial charge in [-0.3, -0.25) is 0 Å². The third-order valence-corrected chi connectivity index (χ3v) is 4.16. The molecular weight excluding hydrogens is 250 g/mol. The molecule has 0 aromatic carbocycles. The van der Waals surface area contributed by atoms with E-state index in [1.54, 1.807) is 0 Å². The molecule has 110 valence electrons. The normalized spacial score (nSPS) is 15.1. The minimum absolute atomic E-state index is 0.0227. The third kappa shape index (κ3) is 9.85. The van der Waals surface area contributed by atoms with Crippen LogP contribution in [0.4, 0.5) is 0 Å². The van der Waals surface area contributed by atoms with E-state index in [1.165, 1.54) is 0 Å². The first kappa shape index (κ1) is 17.9. The fourth-order valence-electron chi connectivity index (χ4n) is 1.21. The van der Waals surface area contributed by atoms with Crippen LogP contribution in [-0.2, 0) is 14.8 Å². The van der Waals surface area contributed by atoms with E-state index in [2.05, 4.69) is 25.5 Å². The fourth-order valence-corrected chi connectivity index (χ4v) is 2.66. The van der Waals surface area contributed by atoms with Crippen LogP contribution in [0, 0.1) is 11.3 Å². The van der Waals surface area contributed by atoms with Crippen molar-refractivity contribution in [2.75, 3.05) is 19.0 Å². The molecular formula is C13H29NO3S. The van der Waals surface area contributed by atoms with Gasteiger partial charge in [-0.25, -0.2) is 13.1 Å². The monoisotopic (exact) mass is 279 g/mol. The van der Waals surface area contributed by atoms with Crippen LogP contribution in [-0.4, -0.2) is 33.4 Å². The Kier molecular flexibility index (Phi) is 7.40. The lowest BCUT2D eigenvalue weighted by Gasteiger charge is -2.19. The zero-order chi connectivity index (χ0) is 14.4. The Morgan fingerprint density at radius 2 is 1.72 bits per heavy atom. The molecule has 0 aliphatic rings. The molecule has 1 atom stereocenters. The Morgan fingerprint density at radius 3 is 2.17 bits per heavy atom. The molecule has 4 nitrogen and oxygen atoms in total. The summed E-state index contributed by atoms with van der Waals surface area (Å²) in [6.07, 6.45) is 0.538. The summed E-state index contributed by atoms with van der Waals surface area (Å²) in [6.45, 7) is 13.3. The van der Waals surface area contributed by atoms with Crippen molar-refractivity contribution in [1.82, 2.24) is 4.72 Å². The summed E-state index contributed by atoms with van der Waals surface area (Å²) in [5.74, 6) is 0.436. The fraction of sp³-hybridized carbons (Fsp3) is 1.00. The van der Waals surface area contributed by atoms with Crippen molar-refractivity contribution in [3.05, 3.63) is 0 Å². The van der Waals surface area contributed by atoms with E-state index in [0.717, 1.165) is 0 Å². The zero-order valence-corrected chi connectivity index (χ0v) is 13.4. The molecule has 0 rings (SSSR count). The molecule has 1 N–H and O–H groups in total. The SMILES string of the molecule is CC(C)[C@@H](C)NS(=O)(=O)CCCOCC(C)(C)C. The van der Waals surface area contributed by atoms with Gasteiger partial charge in [-0.1, -0.05) is 34.6 Å². The number of sulfonamides is 1. The lowest BCUT2D eigenvalue weighted by molar-refractivity contribution is 0.0720. The van der Waals surface area contributed by atoms with Gasteiger partial charge in [0, 0.05) is 12.6 Å². The molecule has 0 aliphatic carbocycles. The van der Waals surface area contributed by atoms with Gasteiger partial charge in [0.2, 0.25) is 10.0 Å². The summed E-state index contributed by atoms with van der Waals surface area (Å²) in [4.78, 5) is 0. The maximum atomic E-state index is 11.7. The van der Waals surface area contributed by atoms with Gasteiger partial charge in [0.15, 0.2) is 0 Å². The van der Waals surface area contributed by atoms with E-state index in [0.29, 0.717) is 25.6 Å². The number of rotatable bonds is 8. The standard InChI is InChI=1S/C13H29NO3S/c1-11(2)12(3)14-18(15,16)9-7-8-17-10-13(4,5)6/h11-12,14H,7-10H2,1-6H3/t12-/m1/s1. The van der Waals surface area contributed by atoms with Crippen LogP contribution >= 0.6 is 0 Å². The number of hydrogen-bond donors (Lipinski definition) is 1. The molecule has 18 heavy (non-hydrogen) atoms. The van der Waals surface area contributed by atoms with E-state index >= 15 is 0 Å². The van der Waals surface area contributed by atoms with Crippen LogP contribution in [0.2, 0.25) is 0 Å². The molecule has 0 heterocycles. The molecule has 0 bridgehead atoms. The summed E-state index contributed by atoms with van der Waals surface area (Å²) in [5.41, 5.74) is 0.128. The van der Waals surface area contributed by atoms with Gasteiger partial charge >= 0.3 is 0 Å². The van der Waals surface area contributed by atoms with E-state index in [9.17, 15) is 8.42 Å². The third-order valence-electron chi connectivity index (χ3n) is 2.60. The topological polar surface area (TPSA) is 55.4 Å². The maximum absolute atomic E-state index is 11.7. The Balaban J connectivity index is 3.85. The lowest BCUT2D eigenvalue weighted by Crippen LogP contribution is -2.37. The van der Waals surface area contributed by atoms with Crippen molar-refractivity contribution in [3.8, 4) is 0 Å². The molecule has 0 aliphatic heterocycles. The Morgan fingerprint density at radius 1 is 1.17 bits per heavy atom. The van der Waals surface area contributed by atoms with Crippen molar-refractivity contribution in [1.29, 1.82) is 0 Å². The van der Waals surface area contributed by atoms with Crippen LogP contribution in [0.3, 0.4) is 0 Å². The van der Waals surface area contributed by atoms with Crippen molar-refractivity contribution >= 4 is 10.0 Å². The van der Waals surface area contributed by atoms with Crippen molar-refractivity contribution in [3.63, 3.8) is 0 Å². The van der Waals surface area contributed by atoms with E-state index < -0.39 is 10.0 Å². The van der Waals surface area contributed by atoms with Gasteiger partial charge in [0.1, 0.15) is 0 Å². The van der Waals surface area contributed by atoms with E-state index in [1.807, 2.05) is 20.8 Å². The Bertz CT molecular complexity index is 318. The smallest absolute Gasteiger partial charge is 0.211 e. The Labute approximate surface area is 113 Å². The molecule has 0 aromatic rings. The maximum Gasteiger partial charge on any atom is 0.211 e. The lowest BCUT2D eigenvalue weighted by atomic mass is 9.99. The van der Waals surface area contributed by atoms with Gasteiger partial charge in [-0.15, -0.1) is 0 Å². The molecule has 0 radical (unpaired) electrons. The molecule has 0 unspecified atom stereocenters. The first-order valence-corrected chi connectivity index (χ1v) is 8.26. The first-order chi connectivity index (χ1) is 8.03. The molecule has 0 saturated carbocycles. The Hall–Kier alpha value is -0.130. The highest BCUT2D eigenvalue weighted by molar-refractivity contribution is 7.89.